The van der Waals surface area contributed by atoms with Crippen LogP contribution in [0, 0.1) is 0 Å². The van der Waals surface area contributed by atoms with Crippen molar-refractivity contribution in [2.45, 2.75) is 26.4 Å². The first-order valence-corrected chi connectivity index (χ1v) is 7.00. The van der Waals surface area contributed by atoms with Gasteiger partial charge in [0, 0.05) is 18.5 Å². The molecule has 0 bridgehead atoms. The Labute approximate surface area is 124 Å². The first-order valence-electron chi connectivity index (χ1n) is 7.00. The summed E-state index contributed by atoms with van der Waals surface area (Å²) in [5, 5.41) is 3.69. The Morgan fingerprint density at radius 3 is 2.81 bits per heavy atom. The zero-order chi connectivity index (χ0) is 15.5. The summed E-state index contributed by atoms with van der Waals surface area (Å²) >= 11 is 0. The minimum atomic E-state index is -0.404. The van der Waals surface area contributed by atoms with Crippen molar-refractivity contribution < 1.29 is 9.53 Å². The van der Waals surface area contributed by atoms with Crippen LogP contribution in [0.4, 0.5) is 5.82 Å². The molecule has 0 aliphatic carbocycles. The molecule has 0 aliphatic heterocycles. The Bertz CT molecular complexity index is 653. The van der Waals surface area contributed by atoms with Gasteiger partial charge < -0.3 is 15.8 Å². The molecule has 0 aliphatic rings. The highest BCUT2D eigenvalue weighted by Crippen LogP contribution is 2.19. The number of carbonyl (C=O) groups is 1. The van der Waals surface area contributed by atoms with Crippen LogP contribution in [-0.4, -0.2) is 29.6 Å². The van der Waals surface area contributed by atoms with Gasteiger partial charge in [0.1, 0.15) is 5.82 Å². The van der Waals surface area contributed by atoms with Gasteiger partial charge in [0.15, 0.2) is 0 Å². The normalized spacial score (nSPS) is 11.6. The standard InChI is InChI=1S/C16H21N3O2/c1-4-21-16(2,3)10-18-15(20)12-9-14(17)19-13-8-6-5-7-11(12)13/h5-9H,4,10H2,1-3H3,(H2,17,19)(H,18,20). The largest absolute Gasteiger partial charge is 0.384 e. The summed E-state index contributed by atoms with van der Waals surface area (Å²) in [7, 11) is 0. The van der Waals surface area contributed by atoms with Crippen molar-refractivity contribution in [2.75, 3.05) is 18.9 Å². The van der Waals surface area contributed by atoms with E-state index in [1.807, 2.05) is 45.0 Å². The van der Waals surface area contributed by atoms with E-state index in [0.717, 1.165) is 5.39 Å². The van der Waals surface area contributed by atoms with Crippen LogP contribution in [0.3, 0.4) is 0 Å². The number of pyridine rings is 1. The fourth-order valence-electron chi connectivity index (χ4n) is 2.21. The highest BCUT2D eigenvalue weighted by Gasteiger charge is 2.20. The number of nitrogens with one attached hydrogen (secondary N) is 1. The van der Waals surface area contributed by atoms with Gasteiger partial charge in [-0.25, -0.2) is 4.98 Å². The monoisotopic (exact) mass is 287 g/mol. The lowest BCUT2D eigenvalue weighted by molar-refractivity contribution is -0.00814. The number of nitrogen functional groups attached to an aromatic ring is 1. The number of rotatable bonds is 5. The third-order valence-corrected chi connectivity index (χ3v) is 3.19. The molecule has 5 nitrogen and oxygen atoms in total. The lowest BCUT2D eigenvalue weighted by Gasteiger charge is -2.25. The Hall–Kier alpha value is -2.14. The van der Waals surface area contributed by atoms with Crippen molar-refractivity contribution in [1.82, 2.24) is 10.3 Å². The van der Waals surface area contributed by atoms with E-state index in [1.54, 1.807) is 6.07 Å². The Balaban J connectivity index is 2.24. The molecule has 0 saturated carbocycles. The molecule has 0 spiro atoms. The van der Waals surface area contributed by atoms with Crippen molar-refractivity contribution >= 4 is 22.6 Å². The zero-order valence-electron chi connectivity index (χ0n) is 12.6. The van der Waals surface area contributed by atoms with Crippen LogP contribution in [0.2, 0.25) is 0 Å². The number of nitrogens with two attached hydrogens (primary N) is 1. The lowest BCUT2D eigenvalue weighted by Crippen LogP contribution is -2.40. The van der Waals surface area contributed by atoms with E-state index in [2.05, 4.69) is 10.3 Å². The summed E-state index contributed by atoms with van der Waals surface area (Å²) in [6.07, 6.45) is 0. The van der Waals surface area contributed by atoms with E-state index in [9.17, 15) is 4.79 Å². The van der Waals surface area contributed by atoms with E-state index in [4.69, 9.17) is 10.5 Å². The van der Waals surface area contributed by atoms with Crippen LogP contribution in [0.15, 0.2) is 30.3 Å². The summed E-state index contributed by atoms with van der Waals surface area (Å²) in [6, 6.07) is 9.05. The first-order chi connectivity index (χ1) is 9.93. The van der Waals surface area contributed by atoms with Gasteiger partial charge in [-0.2, -0.15) is 0 Å². The minimum Gasteiger partial charge on any atom is -0.384 e. The van der Waals surface area contributed by atoms with Gasteiger partial charge in [-0.1, -0.05) is 18.2 Å². The fraction of sp³-hybridized carbons (Fsp3) is 0.375. The number of amides is 1. The number of ether oxygens (including phenoxy) is 1. The number of fused-ring (bicyclic) bond motifs is 1. The van der Waals surface area contributed by atoms with Gasteiger partial charge in [0.2, 0.25) is 0 Å². The van der Waals surface area contributed by atoms with Crippen molar-refractivity contribution in [3.05, 3.63) is 35.9 Å². The molecule has 112 valence electrons. The van der Waals surface area contributed by atoms with Crippen molar-refractivity contribution in [3.63, 3.8) is 0 Å². The summed E-state index contributed by atoms with van der Waals surface area (Å²) in [6.45, 7) is 6.84. The van der Waals surface area contributed by atoms with E-state index < -0.39 is 5.60 Å². The lowest BCUT2D eigenvalue weighted by atomic mass is 10.1. The maximum Gasteiger partial charge on any atom is 0.252 e. The molecule has 0 saturated heterocycles. The van der Waals surface area contributed by atoms with E-state index >= 15 is 0 Å². The molecule has 5 heteroatoms. The molecule has 0 radical (unpaired) electrons. The first kappa shape index (κ1) is 15.3. The Morgan fingerprint density at radius 2 is 2.10 bits per heavy atom. The molecule has 1 aromatic heterocycles. The van der Waals surface area contributed by atoms with Gasteiger partial charge in [0.25, 0.3) is 5.91 Å². The van der Waals surface area contributed by atoms with Crippen molar-refractivity contribution in [1.29, 1.82) is 0 Å². The number of carbonyl (C=O) groups excluding carboxylic acids is 1. The van der Waals surface area contributed by atoms with Crippen molar-refractivity contribution in [3.8, 4) is 0 Å². The SMILES string of the molecule is CCOC(C)(C)CNC(=O)c1cc(N)nc2ccccc12. The molecule has 21 heavy (non-hydrogen) atoms. The van der Waals surface area contributed by atoms with Gasteiger partial charge in [-0.15, -0.1) is 0 Å². The predicted molar refractivity (Wildman–Crippen MR) is 84.2 cm³/mol. The average Bonchev–Trinajstić information content (AvgIpc) is 2.44. The average molecular weight is 287 g/mol. The molecular weight excluding hydrogens is 266 g/mol. The van der Waals surface area contributed by atoms with Gasteiger partial charge >= 0.3 is 0 Å². The molecule has 0 atom stereocenters. The predicted octanol–water partition coefficient (Wildman–Crippen LogP) is 2.36. The smallest absolute Gasteiger partial charge is 0.252 e. The van der Waals surface area contributed by atoms with Crippen LogP contribution in [0.1, 0.15) is 31.1 Å². The topological polar surface area (TPSA) is 77.2 Å². The van der Waals surface area contributed by atoms with Gasteiger partial charge in [-0.3, -0.25) is 4.79 Å². The number of hydrogen-bond donors (Lipinski definition) is 2. The second kappa shape index (κ2) is 6.10. The molecule has 0 unspecified atom stereocenters. The third-order valence-electron chi connectivity index (χ3n) is 3.19. The second-order valence-corrected chi connectivity index (χ2v) is 5.49. The number of hydrogen-bond acceptors (Lipinski definition) is 4. The second-order valence-electron chi connectivity index (χ2n) is 5.49. The highest BCUT2D eigenvalue weighted by atomic mass is 16.5. The summed E-state index contributed by atoms with van der Waals surface area (Å²) < 4.78 is 5.58. The van der Waals surface area contributed by atoms with E-state index in [-0.39, 0.29) is 5.91 Å². The van der Waals surface area contributed by atoms with Crippen LogP contribution < -0.4 is 11.1 Å². The van der Waals surface area contributed by atoms with Gasteiger partial charge in [0.05, 0.1) is 16.7 Å². The number of aromatic nitrogens is 1. The van der Waals surface area contributed by atoms with E-state index in [1.165, 1.54) is 0 Å². The molecule has 3 N–H and O–H groups in total. The number of anilines is 1. The molecule has 1 aromatic carbocycles. The molecule has 0 fully saturated rings. The number of nitrogens with zero attached hydrogens (tertiary/aromatic N) is 1. The minimum absolute atomic E-state index is 0.173. The Kier molecular flexibility index (Phi) is 4.43. The summed E-state index contributed by atoms with van der Waals surface area (Å²) in [4.78, 5) is 16.6. The van der Waals surface area contributed by atoms with E-state index in [0.29, 0.717) is 30.0 Å². The number of para-hydroxylation sites is 1. The maximum absolute atomic E-state index is 12.4. The van der Waals surface area contributed by atoms with Crippen LogP contribution in [0.5, 0.6) is 0 Å². The Morgan fingerprint density at radius 1 is 1.38 bits per heavy atom. The summed E-state index contributed by atoms with van der Waals surface area (Å²) in [5.41, 5.74) is 6.62. The maximum atomic E-state index is 12.4. The highest BCUT2D eigenvalue weighted by molar-refractivity contribution is 6.06. The third kappa shape index (κ3) is 3.70. The summed E-state index contributed by atoms with van der Waals surface area (Å²) in [5.74, 6) is 0.163. The molecule has 2 rings (SSSR count). The molecule has 1 heterocycles. The van der Waals surface area contributed by atoms with Crippen LogP contribution in [0.25, 0.3) is 10.9 Å². The zero-order valence-corrected chi connectivity index (χ0v) is 12.6. The molecule has 1 amide bonds. The molecular formula is C16H21N3O2. The van der Waals surface area contributed by atoms with Crippen LogP contribution >= 0.6 is 0 Å². The van der Waals surface area contributed by atoms with Crippen LogP contribution in [-0.2, 0) is 4.74 Å². The fourth-order valence-corrected chi connectivity index (χ4v) is 2.21. The number of benzene rings is 1. The quantitative estimate of drug-likeness (QED) is 0.885. The van der Waals surface area contributed by atoms with Gasteiger partial charge in [-0.05, 0) is 32.9 Å². The van der Waals surface area contributed by atoms with Crippen molar-refractivity contribution in [2.24, 2.45) is 0 Å². The molecule has 2 aromatic rings.